The minimum Gasteiger partial charge on any atom is -0.447 e. The molecule has 3 aromatic rings. The summed E-state index contributed by atoms with van der Waals surface area (Å²) in [7, 11) is 2.89. The summed E-state index contributed by atoms with van der Waals surface area (Å²) in [6, 6.07) is 5.93. The molecule has 9 N–H and O–H groups in total. The van der Waals surface area contributed by atoms with Crippen molar-refractivity contribution in [3.8, 4) is 0 Å². The standard InChI is InChI=1S/C40H58N10O12/c1-7-16-49-30-33(45-37(42)46-35(30)56)50(38(49)57)36-32(54)31(53)28(62-36)21-61-40(59)48(6)18-17-47(5)39(58)60-20-24-11-13-26(14-12-24)44-34(55)25(10-8-9-15-41)19-27(52)29(22(2)3)43-23(4)51/h7,11-14,22,25,28-29,31-32,36,53-54H,1,8-10,15-21,41H2,2-6H3,(H,43,51)(H,44,55)(H3,42,45,46,56)/t25-,28-,29+,31-,32-,36-/m1/s1. The summed E-state index contributed by atoms with van der Waals surface area (Å²) in [5, 5.41) is 27.1. The van der Waals surface area contributed by atoms with Crippen LogP contribution in [-0.4, -0.2) is 134 Å². The number of imidazole rings is 1. The number of allylic oxidation sites excluding steroid dienone is 1. The Morgan fingerprint density at radius 2 is 1.68 bits per heavy atom. The first-order valence-corrected chi connectivity index (χ1v) is 20.2. The molecule has 22 heteroatoms. The number of H-pyrrole nitrogens is 1. The number of Topliss-reactive ketones (excluding diaryl/α,β-unsaturated/α-hetero) is 1. The maximum Gasteiger partial charge on any atom is 0.409 e. The normalized spacial score (nSPS) is 18.2. The van der Waals surface area contributed by atoms with Gasteiger partial charge in [-0.1, -0.05) is 38.5 Å². The third kappa shape index (κ3) is 12.3. The Kier molecular flexibility index (Phi) is 17.3. The number of unbranched alkanes of at least 4 members (excludes halogenated alkanes) is 1. The number of hydrogen-bond donors (Lipinski definition) is 7. The first-order valence-electron chi connectivity index (χ1n) is 20.2. The minimum absolute atomic E-state index is 0.0160. The van der Waals surface area contributed by atoms with Gasteiger partial charge in [0, 0.05) is 58.7 Å². The van der Waals surface area contributed by atoms with Crippen LogP contribution in [0.25, 0.3) is 11.2 Å². The summed E-state index contributed by atoms with van der Waals surface area (Å²) >= 11 is 0. The average Bonchev–Trinajstić information content (AvgIpc) is 3.66. The predicted molar refractivity (Wildman–Crippen MR) is 225 cm³/mol. The van der Waals surface area contributed by atoms with Crippen LogP contribution >= 0.6 is 0 Å². The van der Waals surface area contributed by atoms with E-state index < -0.39 is 66.5 Å². The maximum absolute atomic E-state index is 13.3. The van der Waals surface area contributed by atoms with Gasteiger partial charge in [0.05, 0.1) is 6.04 Å². The highest BCUT2D eigenvalue weighted by molar-refractivity contribution is 5.97. The maximum atomic E-state index is 13.3. The Labute approximate surface area is 357 Å². The fourth-order valence-corrected chi connectivity index (χ4v) is 6.81. The van der Waals surface area contributed by atoms with Crippen LogP contribution in [0.3, 0.4) is 0 Å². The van der Waals surface area contributed by atoms with E-state index in [1.807, 2.05) is 13.8 Å². The summed E-state index contributed by atoms with van der Waals surface area (Å²) in [6.45, 7) is 8.40. The number of amides is 4. The topological polar surface area (TPSA) is 309 Å². The zero-order valence-corrected chi connectivity index (χ0v) is 35.6. The van der Waals surface area contributed by atoms with Crippen LogP contribution in [0.1, 0.15) is 58.2 Å². The Balaban J connectivity index is 1.24. The number of aromatic nitrogens is 4. The Bertz CT molecular complexity index is 2190. The number of hydrogen-bond acceptors (Lipinski definition) is 15. The van der Waals surface area contributed by atoms with Crippen molar-refractivity contribution in [1.82, 2.24) is 34.2 Å². The minimum atomic E-state index is -1.68. The molecule has 22 nitrogen and oxygen atoms in total. The van der Waals surface area contributed by atoms with E-state index in [9.17, 15) is 43.8 Å². The average molecular weight is 871 g/mol. The highest BCUT2D eigenvalue weighted by Crippen LogP contribution is 2.31. The number of aliphatic hydroxyl groups is 2. The SMILES string of the molecule is C=CCn1c(=O)n([C@@H]2O[C@H](COC(=O)N(C)CCN(C)C(=O)OCc3ccc(NC(=O)[C@H](CCCCN)CC(=O)[C@@H](NC(C)=O)C(C)C)cc3)[C@@H](O)[C@H]2O)c2nc(N)[nH]c(=O)c21. The first kappa shape index (κ1) is 48.6. The number of ketones is 1. The highest BCUT2D eigenvalue weighted by Gasteiger charge is 2.46. The van der Waals surface area contributed by atoms with Crippen molar-refractivity contribution in [3.63, 3.8) is 0 Å². The van der Waals surface area contributed by atoms with Crippen LogP contribution in [0, 0.1) is 11.8 Å². The number of nitrogens with two attached hydrogens (primary N) is 2. The summed E-state index contributed by atoms with van der Waals surface area (Å²) in [5.41, 5.74) is 10.6. The Morgan fingerprint density at radius 3 is 2.27 bits per heavy atom. The number of fused-ring (bicyclic) bond motifs is 1. The number of anilines is 2. The van der Waals surface area contributed by atoms with Gasteiger partial charge in [-0.3, -0.25) is 28.7 Å². The molecule has 6 atom stereocenters. The fourth-order valence-electron chi connectivity index (χ4n) is 6.81. The second-order valence-electron chi connectivity index (χ2n) is 15.5. The third-order valence-electron chi connectivity index (χ3n) is 10.3. The third-order valence-corrected chi connectivity index (χ3v) is 10.3. The van der Waals surface area contributed by atoms with Crippen LogP contribution < -0.4 is 33.3 Å². The van der Waals surface area contributed by atoms with Gasteiger partial charge < -0.3 is 56.3 Å². The van der Waals surface area contributed by atoms with Crippen LogP contribution in [0.5, 0.6) is 0 Å². The molecule has 0 radical (unpaired) electrons. The summed E-state index contributed by atoms with van der Waals surface area (Å²) in [6.07, 6.45) is -4.48. The lowest BCUT2D eigenvalue weighted by Crippen LogP contribution is -2.44. The molecule has 1 aromatic carbocycles. The molecule has 0 spiro atoms. The van der Waals surface area contributed by atoms with E-state index in [1.54, 1.807) is 24.3 Å². The number of aliphatic hydroxyl groups excluding tert-OH is 2. The van der Waals surface area contributed by atoms with Crippen molar-refractivity contribution >= 4 is 52.6 Å². The quantitative estimate of drug-likeness (QED) is 0.0564. The van der Waals surface area contributed by atoms with Gasteiger partial charge in [-0.15, -0.1) is 6.58 Å². The Morgan fingerprint density at radius 1 is 1.03 bits per heavy atom. The van der Waals surface area contributed by atoms with Gasteiger partial charge in [0.25, 0.3) is 5.56 Å². The molecule has 0 bridgehead atoms. The smallest absolute Gasteiger partial charge is 0.409 e. The van der Waals surface area contributed by atoms with Crippen molar-refractivity contribution in [2.45, 2.75) is 90.2 Å². The second-order valence-corrected chi connectivity index (χ2v) is 15.5. The number of aromatic amines is 1. The molecular weight excluding hydrogens is 812 g/mol. The van der Waals surface area contributed by atoms with Crippen molar-refractivity contribution in [3.05, 3.63) is 63.3 Å². The highest BCUT2D eigenvalue weighted by atomic mass is 16.6. The molecule has 1 aliphatic rings. The fraction of sp³-hybridized carbons (Fsp3) is 0.550. The lowest BCUT2D eigenvalue weighted by atomic mass is 9.89. The molecule has 0 unspecified atom stereocenters. The Hall–Kier alpha value is -6.10. The van der Waals surface area contributed by atoms with Gasteiger partial charge in [-0.05, 0) is 43.0 Å². The van der Waals surface area contributed by atoms with Crippen molar-refractivity contribution in [2.24, 2.45) is 17.6 Å². The predicted octanol–water partition coefficient (Wildman–Crippen LogP) is 0.414. The van der Waals surface area contributed by atoms with Gasteiger partial charge >= 0.3 is 17.9 Å². The number of likely N-dealkylation sites (N-methyl/N-ethyl adjacent to an activating group) is 2. The molecule has 0 aliphatic carbocycles. The van der Waals surface area contributed by atoms with Crippen molar-refractivity contribution in [2.75, 3.05) is 51.4 Å². The van der Waals surface area contributed by atoms with E-state index >= 15 is 0 Å². The molecule has 2 aromatic heterocycles. The number of nitrogen functional groups attached to an aromatic ring is 1. The second kappa shape index (κ2) is 22.1. The molecule has 1 aliphatic heterocycles. The number of ether oxygens (including phenoxy) is 3. The van der Waals surface area contributed by atoms with E-state index in [0.717, 1.165) is 9.13 Å². The lowest BCUT2D eigenvalue weighted by molar-refractivity contribution is -0.130. The van der Waals surface area contributed by atoms with E-state index in [0.29, 0.717) is 37.1 Å². The van der Waals surface area contributed by atoms with Gasteiger partial charge in [0.2, 0.25) is 17.8 Å². The van der Waals surface area contributed by atoms with Gasteiger partial charge in [-0.25, -0.2) is 19.0 Å². The van der Waals surface area contributed by atoms with Crippen LogP contribution in [0.15, 0.2) is 46.5 Å². The van der Waals surface area contributed by atoms with Crippen LogP contribution in [-0.2, 0) is 41.7 Å². The largest absolute Gasteiger partial charge is 0.447 e. The molecule has 4 rings (SSSR count). The lowest BCUT2D eigenvalue weighted by Gasteiger charge is -2.23. The van der Waals surface area contributed by atoms with Crippen LogP contribution in [0.2, 0.25) is 0 Å². The summed E-state index contributed by atoms with van der Waals surface area (Å²) in [4.78, 5) is 98.4. The van der Waals surface area contributed by atoms with Gasteiger partial charge in [0.1, 0.15) is 31.5 Å². The van der Waals surface area contributed by atoms with Crippen molar-refractivity contribution < 1.29 is 48.4 Å². The zero-order valence-electron chi connectivity index (χ0n) is 35.6. The molecule has 1 saturated heterocycles. The summed E-state index contributed by atoms with van der Waals surface area (Å²) in [5.74, 6) is -1.97. The van der Waals surface area contributed by atoms with E-state index in [1.165, 1.54) is 36.9 Å². The zero-order chi connectivity index (χ0) is 45.8. The molecule has 4 amide bonds. The summed E-state index contributed by atoms with van der Waals surface area (Å²) < 4.78 is 18.4. The van der Waals surface area contributed by atoms with E-state index in [4.69, 9.17) is 25.7 Å². The molecule has 340 valence electrons. The van der Waals surface area contributed by atoms with Gasteiger partial charge in [0.15, 0.2) is 23.2 Å². The number of nitrogens with one attached hydrogen (secondary N) is 3. The molecule has 0 saturated carbocycles. The number of carbonyl (C=O) groups excluding carboxylic acids is 5. The van der Waals surface area contributed by atoms with E-state index in [-0.39, 0.29) is 73.3 Å². The molecule has 1 fully saturated rings. The molecule has 3 heterocycles. The van der Waals surface area contributed by atoms with Crippen molar-refractivity contribution in [1.29, 1.82) is 0 Å². The number of nitrogens with zero attached hydrogens (tertiary/aromatic N) is 5. The molecular formula is C40H58N10O12. The number of benzene rings is 1. The van der Waals surface area contributed by atoms with Crippen LogP contribution in [0.4, 0.5) is 21.2 Å². The molecule has 62 heavy (non-hydrogen) atoms. The van der Waals surface area contributed by atoms with Gasteiger partial charge in [-0.2, -0.15) is 4.98 Å². The first-order chi connectivity index (χ1) is 29.4. The number of rotatable bonds is 21. The number of carbonyl (C=O) groups is 5. The van der Waals surface area contributed by atoms with E-state index in [2.05, 4.69) is 27.2 Å². The monoisotopic (exact) mass is 870 g/mol.